The Bertz CT molecular complexity index is 322. The van der Waals surface area contributed by atoms with Crippen molar-refractivity contribution >= 4 is 26.7 Å². The molecular formula is C12H20O6Si. The zero-order chi connectivity index (χ0) is 14.9. The molecule has 7 heteroatoms. The van der Waals surface area contributed by atoms with Crippen molar-refractivity contribution in [2.45, 2.75) is 47.0 Å². The van der Waals surface area contributed by atoms with Crippen molar-refractivity contribution in [2.24, 2.45) is 0 Å². The lowest BCUT2D eigenvalue weighted by Crippen LogP contribution is -2.48. The van der Waals surface area contributed by atoms with E-state index in [-0.39, 0.29) is 0 Å². The fourth-order valence-corrected chi connectivity index (χ4v) is 3.30. The molecule has 0 aromatic carbocycles. The van der Waals surface area contributed by atoms with Crippen molar-refractivity contribution in [2.75, 3.05) is 0 Å². The fraction of sp³-hybridized carbons (Fsp3) is 0.583. The van der Waals surface area contributed by atoms with E-state index in [0.717, 1.165) is 40.0 Å². The standard InChI is InChI=1S/C12H20O6Si/c1-5-6-7-8-9-19(16-10(2)13,17-11(3)14)18-12(4)15/h8-9H,5-7H2,1-4H3/b9-8+. The molecule has 0 unspecified atom stereocenters. The Hall–Kier alpha value is -1.63. The van der Waals surface area contributed by atoms with Crippen LogP contribution in [0.1, 0.15) is 47.0 Å². The van der Waals surface area contributed by atoms with Gasteiger partial charge in [0.2, 0.25) is 0 Å². The first kappa shape index (κ1) is 17.4. The molecule has 0 saturated carbocycles. The molecule has 0 radical (unpaired) electrons. The van der Waals surface area contributed by atoms with Crippen LogP contribution in [0.15, 0.2) is 11.8 Å². The zero-order valence-electron chi connectivity index (χ0n) is 11.7. The molecular weight excluding hydrogens is 268 g/mol. The van der Waals surface area contributed by atoms with E-state index in [1.807, 2.05) is 6.92 Å². The van der Waals surface area contributed by atoms with E-state index < -0.39 is 26.7 Å². The summed E-state index contributed by atoms with van der Waals surface area (Å²) in [5.41, 5.74) is 1.40. The number of rotatable bonds is 7. The quantitative estimate of drug-likeness (QED) is 0.526. The van der Waals surface area contributed by atoms with Gasteiger partial charge in [-0.05, 0) is 6.42 Å². The molecule has 0 atom stereocenters. The van der Waals surface area contributed by atoms with E-state index in [1.165, 1.54) is 5.70 Å². The molecule has 0 bridgehead atoms. The van der Waals surface area contributed by atoms with Gasteiger partial charge in [-0.2, -0.15) is 0 Å². The van der Waals surface area contributed by atoms with E-state index in [2.05, 4.69) is 0 Å². The summed E-state index contributed by atoms with van der Waals surface area (Å²) in [6.45, 7) is 5.51. The predicted molar refractivity (Wildman–Crippen MR) is 69.7 cm³/mol. The van der Waals surface area contributed by atoms with Gasteiger partial charge in [0.15, 0.2) is 0 Å². The van der Waals surface area contributed by atoms with Crippen LogP contribution in [-0.4, -0.2) is 26.7 Å². The molecule has 0 rings (SSSR count). The van der Waals surface area contributed by atoms with Gasteiger partial charge < -0.3 is 13.3 Å². The molecule has 0 aliphatic heterocycles. The van der Waals surface area contributed by atoms with Crippen LogP contribution in [0.2, 0.25) is 0 Å². The maximum absolute atomic E-state index is 11.1. The fourth-order valence-electron chi connectivity index (χ4n) is 1.32. The van der Waals surface area contributed by atoms with Crippen LogP contribution in [0, 0.1) is 0 Å². The van der Waals surface area contributed by atoms with Gasteiger partial charge in [0, 0.05) is 26.5 Å². The molecule has 0 heterocycles. The van der Waals surface area contributed by atoms with E-state index in [1.54, 1.807) is 6.08 Å². The maximum atomic E-state index is 11.1. The smallest absolute Gasteiger partial charge is 0.452 e. The molecule has 0 aliphatic rings. The predicted octanol–water partition coefficient (Wildman–Crippen LogP) is 1.90. The largest absolute Gasteiger partial charge is 0.734 e. The molecule has 0 saturated heterocycles. The Labute approximate surface area is 114 Å². The summed E-state index contributed by atoms with van der Waals surface area (Å²) in [6.07, 6.45) is 4.34. The van der Waals surface area contributed by atoms with Crippen LogP contribution in [-0.2, 0) is 27.7 Å². The van der Waals surface area contributed by atoms with E-state index in [9.17, 15) is 14.4 Å². The van der Waals surface area contributed by atoms with Gasteiger partial charge in [0.1, 0.15) is 0 Å². The molecule has 6 nitrogen and oxygen atoms in total. The second-order valence-electron chi connectivity index (χ2n) is 3.93. The summed E-state index contributed by atoms with van der Waals surface area (Å²) in [5, 5.41) is 0. The average molecular weight is 288 g/mol. The summed E-state index contributed by atoms with van der Waals surface area (Å²) >= 11 is 0. The lowest BCUT2D eigenvalue weighted by atomic mass is 10.2. The molecule has 19 heavy (non-hydrogen) atoms. The van der Waals surface area contributed by atoms with Crippen molar-refractivity contribution in [3.05, 3.63) is 11.8 Å². The first-order valence-corrected chi connectivity index (χ1v) is 7.88. The van der Waals surface area contributed by atoms with Crippen LogP contribution < -0.4 is 0 Å². The first-order valence-electron chi connectivity index (χ1n) is 6.07. The minimum atomic E-state index is -3.76. The van der Waals surface area contributed by atoms with Crippen molar-refractivity contribution in [3.8, 4) is 0 Å². The van der Waals surface area contributed by atoms with Gasteiger partial charge in [-0.1, -0.05) is 25.8 Å². The highest BCUT2D eigenvalue weighted by molar-refractivity contribution is 6.70. The highest BCUT2D eigenvalue weighted by Crippen LogP contribution is 2.14. The third-order valence-corrected chi connectivity index (χ3v) is 4.26. The molecule has 108 valence electrons. The van der Waals surface area contributed by atoms with Crippen molar-refractivity contribution in [3.63, 3.8) is 0 Å². The SMILES string of the molecule is CCCC/C=C/[Si](OC(C)=O)(OC(C)=O)OC(C)=O. The van der Waals surface area contributed by atoms with Crippen molar-refractivity contribution < 1.29 is 27.7 Å². The van der Waals surface area contributed by atoms with Crippen molar-refractivity contribution in [1.29, 1.82) is 0 Å². The summed E-state index contributed by atoms with van der Waals surface area (Å²) in [4.78, 5) is 33.3. The maximum Gasteiger partial charge on any atom is 0.734 e. The molecule has 0 spiro atoms. The lowest BCUT2D eigenvalue weighted by Gasteiger charge is -2.23. The Morgan fingerprint density at radius 1 is 0.947 bits per heavy atom. The summed E-state index contributed by atoms with van der Waals surface area (Å²) in [6, 6.07) is 0. The highest BCUT2D eigenvalue weighted by Gasteiger charge is 2.49. The van der Waals surface area contributed by atoms with E-state index >= 15 is 0 Å². The summed E-state index contributed by atoms with van der Waals surface area (Å²) in [5.74, 6) is -2.02. The second-order valence-corrected chi connectivity index (χ2v) is 6.08. The summed E-state index contributed by atoms with van der Waals surface area (Å²) in [7, 11) is -3.76. The van der Waals surface area contributed by atoms with Crippen LogP contribution in [0.3, 0.4) is 0 Å². The normalized spacial score (nSPS) is 11.2. The third-order valence-electron chi connectivity index (χ3n) is 1.90. The van der Waals surface area contributed by atoms with Gasteiger partial charge >= 0.3 is 8.80 Å². The van der Waals surface area contributed by atoms with E-state index in [0.29, 0.717) is 0 Å². The number of unbranched alkanes of at least 4 members (excludes halogenated alkanes) is 2. The van der Waals surface area contributed by atoms with Crippen LogP contribution >= 0.6 is 0 Å². The minimum absolute atomic E-state index is 0.672. The van der Waals surface area contributed by atoms with Crippen LogP contribution in [0.4, 0.5) is 0 Å². The van der Waals surface area contributed by atoms with Crippen molar-refractivity contribution in [1.82, 2.24) is 0 Å². The lowest BCUT2D eigenvalue weighted by molar-refractivity contribution is -0.146. The Balaban J connectivity index is 5.08. The first-order chi connectivity index (χ1) is 8.81. The zero-order valence-corrected chi connectivity index (χ0v) is 12.7. The monoisotopic (exact) mass is 288 g/mol. The Morgan fingerprint density at radius 2 is 1.37 bits per heavy atom. The summed E-state index contributed by atoms with van der Waals surface area (Å²) < 4.78 is 14.9. The van der Waals surface area contributed by atoms with Gasteiger partial charge in [0.05, 0.1) is 0 Å². The van der Waals surface area contributed by atoms with Gasteiger partial charge in [-0.15, -0.1) is 0 Å². The molecule has 0 amide bonds. The number of carbonyl (C=O) groups is 3. The third kappa shape index (κ3) is 8.14. The molecule has 0 aliphatic carbocycles. The molecule has 0 aromatic rings. The highest BCUT2D eigenvalue weighted by atomic mass is 28.4. The molecule has 0 N–H and O–H groups in total. The average Bonchev–Trinajstić information content (AvgIpc) is 2.21. The van der Waals surface area contributed by atoms with Crippen LogP contribution in [0.5, 0.6) is 0 Å². The van der Waals surface area contributed by atoms with Crippen LogP contribution in [0.25, 0.3) is 0 Å². The molecule has 0 aromatic heterocycles. The molecule has 0 fully saturated rings. The Kier molecular flexibility index (Phi) is 7.74. The van der Waals surface area contributed by atoms with Gasteiger partial charge in [-0.25, -0.2) is 0 Å². The number of carbonyl (C=O) groups excluding carboxylic acids is 3. The minimum Gasteiger partial charge on any atom is -0.452 e. The van der Waals surface area contributed by atoms with E-state index in [4.69, 9.17) is 13.3 Å². The van der Waals surface area contributed by atoms with Gasteiger partial charge in [0.25, 0.3) is 17.9 Å². The number of allylic oxidation sites excluding steroid dienone is 1. The van der Waals surface area contributed by atoms with Gasteiger partial charge in [-0.3, -0.25) is 14.4 Å². The second kappa shape index (κ2) is 8.47. The number of hydrogen-bond donors (Lipinski definition) is 0. The Morgan fingerprint density at radius 3 is 1.68 bits per heavy atom. The topological polar surface area (TPSA) is 78.9 Å². The number of hydrogen-bond acceptors (Lipinski definition) is 6.